The Morgan fingerprint density at radius 3 is 2.95 bits per heavy atom. The van der Waals surface area contributed by atoms with Crippen molar-refractivity contribution in [1.29, 1.82) is 0 Å². The molecule has 0 spiro atoms. The van der Waals surface area contributed by atoms with Gasteiger partial charge in [0, 0.05) is 18.1 Å². The predicted molar refractivity (Wildman–Crippen MR) is 79.5 cm³/mol. The van der Waals surface area contributed by atoms with Crippen LogP contribution < -0.4 is 5.32 Å². The topological polar surface area (TPSA) is 84.3 Å². The Balaban J connectivity index is 1.87. The number of anilines is 1. The number of carbonyl (C=O) groups is 1. The van der Waals surface area contributed by atoms with E-state index in [4.69, 9.17) is 9.84 Å². The average molecular weight is 317 g/mol. The van der Waals surface area contributed by atoms with Crippen LogP contribution in [-0.4, -0.2) is 45.8 Å². The molecule has 0 saturated heterocycles. The Morgan fingerprint density at radius 2 is 2.35 bits per heavy atom. The summed E-state index contributed by atoms with van der Waals surface area (Å²) in [6.45, 7) is 7.09. The van der Waals surface area contributed by atoms with E-state index in [2.05, 4.69) is 29.4 Å². The van der Waals surface area contributed by atoms with Crippen molar-refractivity contribution in [1.82, 2.24) is 10.2 Å². The number of aromatic nitrogens is 2. The minimum absolute atomic E-state index is 0.00989. The van der Waals surface area contributed by atoms with Gasteiger partial charge in [0.2, 0.25) is 5.13 Å². The monoisotopic (exact) mass is 317 g/mol. The van der Waals surface area contributed by atoms with Gasteiger partial charge < -0.3 is 15.2 Å². The van der Waals surface area contributed by atoms with Crippen LogP contribution in [0.1, 0.15) is 27.2 Å². The number of ether oxygens (including phenoxy) is 1. The maximum absolute atomic E-state index is 10.5. The van der Waals surface area contributed by atoms with Crippen LogP contribution in [0.25, 0.3) is 0 Å². The Morgan fingerprint density at radius 1 is 1.60 bits per heavy atom. The molecule has 2 atom stereocenters. The van der Waals surface area contributed by atoms with Crippen molar-refractivity contribution >= 4 is 34.2 Å². The number of rotatable bonds is 7. The van der Waals surface area contributed by atoms with E-state index in [1.807, 2.05) is 6.92 Å². The highest BCUT2D eigenvalue weighted by atomic mass is 32.2. The van der Waals surface area contributed by atoms with Crippen LogP contribution in [0.15, 0.2) is 4.34 Å². The minimum atomic E-state index is -0.848. The number of carboxylic acid groups (broad SMARTS) is 1. The third kappa shape index (κ3) is 3.42. The van der Waals surface area contributed by atoms with E-state index in [1.165, 1.54) is 23.1 Å². The van der Waals surface area contributed by atoms with Crippen LogP contribution in [-0.2, 0) is 9.53 Å². The van der Waals surface area contributed by atoms with Gasteiger partial charge >= 0.3 is 5.97 Å². The highest BCUT2D eigenvalue weighted by Gasteiger charge is 2.49. The first-order valence-electron chi connectivity index (χ1n) is 6.49. The summed E-state index contributed by atoms with van der Waals surface area (Å²) in [4.78, 5) is 10.5. The van der Waals surface area contributed by atoms with Crippen LogP contribution in [0, 0.1) is 5.41 Å². The minimum Gasteiger partial charge on any atom is -0.481 e. The van der Waals surface area contributed by atoms with Gasteiger partial charge in [0.15, 0.2) is 4.34 Å². The van der Waals surface area contributed by atoms with Crippen molar-refractivity contribution in [3.05, 3.63) is 0 Å². The van der Waals surface area contributed by atoms with Crippen molar-refractivity contribution < 1.29 is 14.6 Å². The Labute approximate surface area is 126 Å². The Bertz CT molecular complexity index is 478. The molecule has 8 heteroatoms. The molecule has 1 aliphatic carbocycles. The molecular weight excluding hydrogens is 298 g/mol. The van der Waals surface area contributed by atoms with Crippen molar-refractivity contribution in [3.8, 4) is 0 Å². The number of hydrogen-bond acceptors (Lipinski definition) is 7. The molecule has 1 aliphatic rings. The number of aliphatic carboxylic acids is 1. The van der Waals surface area contributed by atoms with Crippen molar-refractivity contribution in [2.75, 3.05) is 17.7 Å². The molecule has 0 aromatic carbocycles. The average Bonchev–Trinajstić information content (AvgIpc) is 2.83. The summed E-state index contributed by atoms with van der Waals surface area (Å²) in [6, 6.07) is 0.310. The molecule has 20 heavy (non-hydrogen) atoms. The van der Waals surface area contributed by atoms with Crippen LogP contribution in [0.4, 0.5) is 5.13 Å². The second-order valence-electron chi connectivity index (χ2n) is 5.25. The van der Waals surface area contributed by atoms with Crippen molar-refractivity contribution in [3.63, 3.8) is 0 Å². The molecule has 0 amide bonds. The van der Waals surface area contributed by atoms with Gasteiger partial charge in [-0.15, -0.1) is 10.2 Å². The maximum atomic E-state index is 10.5. The van der Waals surface area contributed by atoms with Crippen LogP contribution >= 0.6 is 23.1 Å². The highest BCUT2D eigenvalue weighted by molar-refractivity contribution is 8.01. The fraction of sp³-hybridized carbons (Fsp3) is 0.750. The first kappa shape index (κ1) is 15.5. The second kappa shape index (κ2) is 6.28. The van der Waals surface area contributed by atoms with Crippen LogP contribution in [0.5, 0.6) is 0 Å². The van der Waals surface area contributed by atoms with E-state index in [1.54, 1.807) is 0 Å². The fourth-order valence-electron chi connectivity index (χ4n) is 2.21. The zero-order chi connectivity index (χ0) is 14.8. The number of thioether (sulfide) groups is 1. The van der Waals surface area contributed by atoms with Gasteiger partial charge in [-0.2, -0.15) is 0 Å². The highest BCUT2D eigenvalue weighted by Crippen LogP contribution is 2.44. The quantitative estimate of drug-likeness (QED) is 0.747. The number of nitrogens with one attached hydrogen (secondary N) is 1. The van der Waals surface area contributed by atoms with Gasteiger partial charge in [-0.25, -0.2) is 0 Å². The summed E-state index contributed by atoms with van der Waals surface area (Å²) >= 11 is 2.58. The zero-order valence-electron chi connectivity index (χ0n) is 11.8. The lowest BCUT2D eigenvalue weighted by molar-refractivity contribution is -0.133. The molecule has 0 bridgehead atoms. The zero-order valence-corrected chi connectivity index (χ0v) is 13.4. The summed E-state index contributed by atoms with van der Waals surface area (Å²) < 4.78 is 6.36. The smallest absolute Gasteiger partial charge is 0.313 e. The van der Waals surface area contributed by atoms with E-state index >= 15 is 0 Å². The molecule has 1 heterocycles. The summed E-state index contributed by atoms with van der Waals surface area (Å²) in [5.74, 6) is -0.838. The lowest BCUT2D eigenvalue weighted by Gasteiger charge is -2.51. The summed E-state index contributed by atoms with van der Waals surface area (Å²) in [5, 5.41) is 20.8. The standard InChI is InChI=1S/C12H19N3O3S2/c1-4-18-8-5-7(12(8,2)3)13-10-14-15-11(20-10)19-6-9(16)17/h7-8H,4-6H2,1-3H3,(H,13,14)(H,16,17). The SMILES string of the molecule is CCOC1CC(Nc2nnc(SCC(=O)O)s2)C1(C)C. The number of carboxylic acids is 1. The lowest BCUT2D eigenvalue weighted by atomic mass is 9.64. The molecular formula is C12H19N3O3S2. The predicted octanol–water partition coefficient (Wildman–Crippen LogP) is 2.33. The van der Waals surface area contributed by atoms with E-state index in [9.17, 15) is 4.79 Å². The lowest BCUT2D eigenvalue weighted by Crippen LogP contribution is -2.58. The summed E-state index contributed by atoms with van der Waals surface area (Å²) in [6.07, 6.45) is 1.23. The first-order chi connectivity index (χ1) is 9.43. The maximum Gasteiger partial charge on any atom is 0.313 e. The molecule has 2 N–H and O–H groups in total. The Hall–Kier alpha value is -0.860. The fourth-order valence-corrected chi connectivity index (χ4v) is 3.74. The first-order valence-corrected chi connectivity index (χ1v) is 8.30. The third-order valence-corrected chi connectivity index (χ3v) is 5.54. The van der Waals surface area contributed by atoms with E-state index in [0.29, 0.717) is 10.4 Å². The van der Waals surface area contributed by atoms with Crippen LogP contribution in [0.2, 0.25) is 0 Å². The van der Waals surface area contributed by atoms with Gasteiger partial charge in [0.25, 0.3) is 0 Å². The van der Waals surface area contributed by atoms with Gasteiger partial charge in [0.05, 0.1) is 11.9 Å². The summed E-state index contributed by atoms with van der Waals surface area (Å²) in [7, 11) is 0. The normalized spacial score (nSPS) is 24.1. The van der Waals surface area contributed by atoms with Gasteiger partial charge in [-0.1, -0.05) is 36.9 Å². The second-order valence-corrected chi connectivity index (χ2v) is 7.45. The van der Waals surface area contributed by atoms with Gasteiger partial charge in [0.1, 0.15) is 0 Å². The Kier molecular flexibility index (Phi) is 4.87. The summed E-state index contributed by atoms with van der Waals surface area (Å²) in [5.41, 5.74) is 0.0655. The van der Waals surface area contributed by atoms with Crippen LogP contribution in [0.3, 0.4) is 0 Å². The van der Waals surface area contributed by atoms with Crippen molar-refractivity contribution in [2.45, 2.75) is 43.7 Å². The van der Waals surface area contributed by atoms with E-state index in [0.717, 1.165) is 18.2 Å². The van der Waals surface area contributed by atoms with Crippen molar-refractivity contribution in [2.24, 2.45) is 5.41 Å². The molecule has 112 valence electrons. The molecule has 0 aliphatic heterocycles. The molecule has 6 nitrogen and oxygen atoms in total. The molecule has 1 fully saturated rings. The molecule has 1 aromatic rings. The van der Waals surface area contributed by atoms with E-state index in [-0.39, 0.29) is 17.3 Å². The largest absolute Gasteiger partial charge is 0.481 e. The molecule has 2 unspecified atom stereocenters. The molecule has 1 aromatic heterocycles. The van der Waals surface area contributed by atoms with Gasteiger partial charge in [-0.3, -0.25) is 4.79 Å². The molecule has 1 saturated carbocycles. The number of hydrogen-bond donors (Lipinski definition) is 2. The molecule has 0 radical (unpaired) electrons. The van der Waals surface area contributed by atoms with Gasteiger partial charge in [-0.05, 0) is 13.3 Å². The number of nitrogens with zero attached hydrogens (tertiary/aromatic N) is 2. The van der Waals surface area contributed by atoms with E-state index < -0.39 is 5.97 Å². The third-order valence-electron chi connectivity index (χ3n) is 3.57. The molecule has 2 rings (SSSR count).